The van der Waals surface area contributed by atoms with Crippen LogP contribution in [0.4, 0.5) is 5.69 Å². The Hall–Kier alpha value is -2.09. The van der Waals surface area contributed by atoms with Gasteiger partial charge in [0.1, 0.15) is 0 Å². The highest BCUT2D eigenvalue weighted by atomic mass is 16.1. The number of hydrogen-bond acceptors (Lipinski definition) is 2. The first-order valence-electron chi connectivity index (χ1n) is 6.01. The first-order valence-corrected chi connectivity index (χ1v) is 6.01. The van der Waals surface area contributed by atoms with E-state index in [1.807, 2.05) is 63.4 Å². The van der Waals surface area contributed by atoms with Gasteiger partial charge in [-0.15, -0.1) is 0 Å². The highest BCUT2D eigenvalue weighted by Gasteiger charge is 2.09. The maximum absolute atomic E-state index is 12.3. The molecule has 0 aliphatic rings. The number of aryl methyl sites for hydroxylation is 2. The molecule has 0 heterocycles. The molecule has 0 aliphatic heterocycles. The van der Waals surface area contributed by atoms with Crippen LogP contribution in [0.1, 0.15) is 27.0 Å². The molecule has 2 aromatic rings. The second-order valence-corrected chi connectivity index (χ2v) is 4.46. The van der Waals surface area contributed by atoms with Gasteiger partial charge in [-0.2, -0.15) is 0 Å². The normalized spacial score (nSPS) is 10.2. The molecule has 92 valence electrons. The molecule has 2 nitrogen and oxygen atoms in total. The highest BCUT2D eigenvalue weighted by Crippen LogP contribution is 2.16. The molecule has 2 aromatic carbocycles. The summed E-state index contributed by atoms with van der Waals surface area (Å²) >= 11 is 0. The van der Waals surface area contributed by atoms with Crippen LogP contribution >= 0.6 is 0 Å². The van der Waals surface area contributed by atoms with E-state index in [-0.39, 0.29) is 5.78 Å². The molecule has 0 saturated carbocycles. The highest BCUT2D eigenvalue weighted by molar-refractivity contribution is 6.09. The molecule has 0 saturated heterocycles. The van der Waals surface area contributed by atoms with Gasteiger partial charge in [-0.05, 0) is 55.3 Å². The lowest BCUT2D eigenvalue weighted by molar-refractivity contribution is 0.103. The van der Waals surface area contributed by atoms with E-state index in [0.29, 0.717) is 0 Å². The lowest BCUT2D eigenvalue weighted by Gasteiger charge is -2.06. The number of hydrogen-bond donors (Lipinski definition) is 1. The third-order valence-corrected chi connectivity index (χ3v) is 3.20. The Balaban J connectivity index is 2.32. The van der Waals surface area contributed by atoms with Crippen molar-refractivity contribution < 1.29 is 4.79 Å². The fraction of sp³-hybridized carbons (Fsp3) is 0.188. The van der Waals surface area contributed by atoms with E-state index in [4.69, 9.17) is 0 Å². The predicted molar refractivity (Wildman–Crippen MR) is 75.3 cm³/mol. The maximum Gasteiger partial charge on any atom is 0.193 e. The van der Waals surface area contributed by atoms with E-state index >= 15 is 0 Å². The third kappa shape index (κ3) is 2.43. The van der Waals surface area contributed by atoms with Gasteiger partial charge in [0.05, 0.1) is 0 Å². The first-order chi connectivity index (χ1) is 8.61. The molecule has 1 N–H and O–H groups in total. The van der Waals surface area contributed by atoms with Crippen molar-refractivity contribution in [3.63, 3.8) is 0 Å². The number of carbonyl (C=O) groups is 1. The topological polar surface area (TPSA) is 29.1 Å². The molecule has 2 heteroatoms. The molecule has 0 atom stereocenters. The fourth-order valence-electron chi connectivity index (χ4n) is 1.84. The minimum absolute atomic E-state index is 0.0701. The van der Waals surface area contributed by atoms with Crippen LogP contribution in [0.3, 0.4) is 0 Å². The monoisotopic (exact) mass is 239 g/mol. The summed E-state index contributed by atoms with van der Waals surface area (Å²) in [7, 11) is 1.86. The summed E-state index contributed by atoms with van der Waals surface area (Å²) in [6, 6.07) is 13.3. The van der Waals surface area contributed by atoms with E-state index in [0.717, 1.165) is 22.4 Å². The van der Waals surface area contributed by atoms with Gasteiger partial charge in [0.15, 0.2) is 5.78 Å². The standard InChI is InChI=1S/C16H17NO/c1-11-4-5-14(10-12(11)2)16(18)13-6-8-15(17-3)9-7-13/h4-10,17H,1-3H3. The van der Waals surface area contributed by atoms with Gasteiger partial charge >= 0.3 is 0 Å². The molecule has 18 heavy (non-hydrogen) atoms. The zero-order valence-corrected chi connectivity index (χ0v) is 10.9. The second-order valence-electron chi connectivity index (χ2n) is 4.46. The Morgan fingerprint density at radius 3 is 2.06 bits per heavy atom. The van der Waals surface area contributed by atoms with Crippen LogP contribution in [0.2, 0.25) is 0 Å². The molecule has 0 aromatic heterocycles. The molecule has 0 bridgehead atoms. The predicted octanol–water partition coefficient (Wildman–Crippen LogP) is 3.58. The fourth-order valence-corrected chi connectivity index (χ4v) is 1.84. The third-order valence-electron chi connectivity index (χ3n) is 3.20. The average molecular weight is 239 g/mol. The average Bonchev–Trinajstić information content (AvgIpc) is 2.41. The molecular formula is C16H17NO. The van der Waals surface area contributed by atoms with E-state index in [9.17, 15) is 4.79 Å². The molecule has 2 rings (SSSR count). The Bertz CT molecular complexity index is 570. The van der Waals surface area contributed by atoms with Crippen LogP contribution in [-0.2, 0) is 0 Å². The Morgan fingerprint density at radius 1 is 0.889 bits per heavy atom. The van der Waals surface area contributed by atoms with Crippen molar-refractivity contribution in [3.05, 3.63) is 64.7 Å². The lowest BCUT2D eigenvalue weighted by Crippen LogP contribution is -2.02. The molecular weight excluding hydrogens is 222 g/mol. The summed E-state index contributed by atoms with van der Waals surface area (Å²) in [6.07, 6.45) is 0. The molecule has 0 unspecified atom stereocenters. The summed E-state index contributed by atoms with van der Waals surface area (Å²) in [5, 5.41) is 3.04. The first kappa shape index (κ1) is 12.4. The summed E-state index contributed by atoms with van der Waals surface area (Å²) in [4.78, 5) is 12.3. The van der Waals surface area contributed by atoms with Crippen molar-refractivity contribution in [1.29, 1.82) is 0 Å². The minimum Gasteiger partial charge on any atom is -0.388 e. The van der Waals surface area contributed by atoms with Crippen LogP contribution in [0, 0.1) is 13.8 Å². The Kier molecular flexibility index (Phi) is 3.47. The zero-order chi connectivity index (χ0) is 13.1. The molecule has 0 spiro atoms. The van der Waals surface area contributed by atoms with E-state index < -0.39 is 0 Å². The van der Waals surface area contributed by atoms with Crippen molar-refractivity contribution in [2.45, 2.75) is 13.8 Å². The number of anilines is 1. The largest absolute Gasteiger partial charge is 0.388 e. The van der Waals surface area contributed by atoms with Crippen molar-refractivity contribution in [3.8, 4) is 0 Å². The minimum atomic E-state index is 0.0701. The van der Waals surface area contributed by atoms with Crippen LogP contribution in [0.5, 0.6) is 0 Å². The summed E-state index contributed by atoms with van der Waals surface area (Å²) in [6.45, 7) is 4.07. The number of benzene rings is 2. The SMILES string of the molecule is CNc1ccc(C(=O)c2ccc(C)c(C)c2)cc1. The second kappa shape index (κ2) is 5.05. The van der Waals surface area contributed by atoms with Crippen molar-refractivity contribution in [2.75, 3.05) is 12.4 Å². The van der Waals surface area contributed by atoms with E-state index in [1.165, 1.54) is 5.56 Å². The van der Waals surface area contributed by atoms with Crippen LogP contribution in [0.25, 0.3) is 0 Å². The number of ketones is 1. The number of rotatable bonds is 3. The summed E-state index contributed by atoms with van der Waals surface area (Å²) < 4.78 is 0. The van der Waals surface area contributed by atoms with Gasteiger partial charge in [-0.25, -0.2) is 0 Å². The van der Waals surface area contributed by atoms with Gasteiger partial charge in [-0.1, -0.05) is 12.1 Å². The van der Waals surface area contributed by atoms with Crippen LogP contribution in [-0.4, -0.2) is 12.8 Å². The van der Waals surface area contributed by atoms with E-state index in [2.05, 4.69) is 5.32 Å². The Morgan fingerprint density at radius 2 is 1.50 bits per heavy atom. The van der Waals surface area contributed by atoms with Gasteiger partial charge in [0.2, 0.25) is 0 Å². The molecule has 0 radical (unpaired) electrons. The number of carbonyl (C=O) groups excluding carboxylic acids is 1. The van der Waals surface area contributed by atoms with Gasteiger partial charge < -0.3 is 5.32 Å². The quantitative estimate of drug-likeness (QED) is 0.829. The van der Waals surface area contributed by atoms with Gasteiger partial charge in [0.25, 0.3) is 0 Å². The molecule has 0 aliphatic carbocycles. The van der Waals surface area contributed by atoms with Gasteiger partial charge in [0, 0.05) is 23.9 Å². The van der Waals surface area contributed by atoms with Gasteiger partial charge in [-0.3, -0.25) is 4.79 Å². The van der Waals surface area contributed by atoms with Crippen molar-refractivity contribution in [1.82, 2.24) is 0 Å². The summed E-state index contributed by atoms with van der Waals surface area (Å²) in [5.74, 6) is 0.0701. The summed E-state index contributed by atoms with van der Waals surface area (Å²) in [5.41, 5.74) is 4.82. The van der Waals surface area contributed by atoms with Crippen LogP contribution < -0.4 is 5.32 Å². The molecule has 0 fully saturated rings. The lowest BCUT2D eigenvalue weighted by atomic mass is 9.99. The van der Waals surface area contributed by atoms with Crippen molar-refractivity contribution in [2.24, 2.45) is 0 Å². The Labute approximate surface area is 108 Å². The number of nitrogens with one attached hydrogen (secondary N) is 1. The smallest absolute Gasteiger partial charge is 0.193 e. The molecule has 0 amide bonds. The van der Waals surface area contributed by atoms with Crippen LogP contribution in [0.15, 0.2) is 42.5 Å². The zero-order valence-electron chi connectivity index (χ0n) is 10.9. The van der Waals surface area contributed by atoms with E-state index in [1.54, 1.807) is 0 Å². The van der Waals surface area contributed by atoms with Crippen molar-refractivity contribution >= 4 is 11.5 Å². The maximum atomic E-state index is 12.3.